The van der Waals surface area contributed by atoms with Crippen LogP contribution in [0, 0.1) is 5.92 Å². The summed E-state index contributed by atoms with van der Waals surface area (Å²) in [5.74, 6) is 1.91. The number of rotatable bonds is 8. The van der Waals surface area contributed by atoms with Crippen molar-refractivity contribution in [2.24, 2.45) is 10.9 Å². The number of hydrogen-bond donors (Lipinski definition) is 2. The van der Waals surface area contributed by atoms with E-state index in [1.54, 1.807) is 0 Å². The predicted octanol–water partition coefficient (Wildman–Crippen LogP) is 2.83. The monoisotopic (exact) mass is 499 g/mol. The Morgan fingerprint density at radius 3 is 2.50 bits per heavy atom. The summed E-state index contributed by atoms with van der Waals surface area (Å²) >= 11 is 0. The number of anilines is 1. The number of carbonyl (C=O) groups is 1. The topological polar surface area (TPSA) is 60.0 Å². The van der Waals surface area contributed by atoms with Crippen LogP contribution in [0.4, 0.5) is 5.69 Å². The van der Waals surface area contributed by atoms with Gasteiger partial charge in [-0.15, -0.1) is 24.0 Å². The van der Waals surface area contributed by atoms with Gasteiger partial charge in [-0.3, -0.25) is 4.79 Å². The van der Waals surface area contributed by atoms with Crippen LogP contribution >= 0.6 is 24.0 Å². The van der Waals surface area contributed by atoms with E-state index in [-0.39, 0.29) is 29.9 Å². The summed E-state index contributed by atoms with van der Waals surface area (Å²) in [6, 6.07) is 8.76. The Hall–Kier alpha value is -1.35. The fourth-order valence-electron chi connectivity index (χ4n) is 3.67. The first kappa shape index (κ1) is 22.9. The third-order valence-electron chi connectivity index (χ3n) is 5.39. The van der Waals surface area contributed by atoms with Gasteiger partial charge in [0.2, 0.25) is 5.91 Å². The predicted molar refractivity (Wildman–Crippen MR) is 126 cm³/mol. The number of carbonyl (C=O) groups excluding carboxylic acids is 1. The molecule has 3 rings (SSSR count). The van der Waals surface area contributed by atoms with Crippen LogP contribution in [0.1, 0.15) is 38.2 Å². The molecule has 1 aromatic rings. The van der Waals surface area contributed by atoms with Gasteiger partial charge >= 0.3 is 0 Å². The Kier molecular flexibility index (Phi) is 9.01. The Morgan fingerprint density at radius 2 is 1.96 bits per heavy atom. The smallest absolute Gasteiger partial charge is 0.227 e. The van der Waals surface area contributed by atoms with E-state index < -0.39 is 0 Å². The second-order valence-electron chi connectivity index (χ2n) is 7.76. The van der Waals surface area contributed by atoms with Crippen molar-refractivity contribution in [1.82, 2.24) is 15.5 Å². The molecule has 156 valence electrons. The van der Waals surface area contributed by atoms with Gasteiger partial charge in [-0.25, -0.2) is 4.99 Å². The van der Waals surface area contributed by atoms with E-state index in [1.165, 1.54) is 12.8 Å². The molecule has 1 unspecified atom stereocenters. The lowest BCUT2D eigenvalue weighted by Gasteiger charge is -2.25. The molecule has 1 aromatic carbocycles. The van der Waals surface area contributed by atoms with Gasteiger partial charge in [-0.05, 0) is 63.9 Å². The molecule has 1 atom stereocenters. The maximum Gasteiger partial charge on any atom is 0.227 e. The minimum Gasteiger partial charge on any atom is -0.357 e. The second kappa shape index (κ2) is 11.0. The SMILES string of the molecule is CCNC(=NCc1ccc(N2CCCC2=O)cc1)NCC(C1CC1)N(C)C.I. The summed E-state index contributed by atoms with van der Waals surface area (Å²) in [5.41, 5.74) is 2.14. The number of aliphatic imine (C=N–C) groups is 1. The first-order valence-electron chi connectivity index (χ1n) is 10.2. The highest BCUT2D eigenvalue weighted by molar-refractivity contribution is 14.0. The van der Waals surface area contributed by atoms with Crippen LogP contribution in [0.15, 0.2) is 29.3 Å². The highest BCUT2D eigenvalue weighted by Gasteiger charge is 2.32. The molecule has 1 amide bonds. The zero-order valence-corrected chi connectivity index (χ0v) is 19.6. The lowest BCUT2D eigenvalue weighted by molar-refractivity contribution is -0.117. The molecule has 1 aliphatic heterocycles. The molecule has 2 N–H and O–H groups in total. The normalized spacial score (nSPS) is 18.2. The molecule has 2 aliphatic rings. The Bertz CT molecular complexity index is 655. The molecule has 1 saturated heterocycles. The van der Waals surface area contributed by atoms with Crippen molar-refractivity contribution in [2.45, 2.75) is 45.2 Å². The molecule has 28 heavy (non-hydrogen) atoms. The third kappa shape index (κ3) is 6.34. The maximum atomic E-state index is 11.9. The molecule has 7 heteroatoms. The summed E-state index contributed by atoms with van der Waals surface area (Å²) in [6.45, 7) is 5.30. The summed E-state index contributed by atoms with van der Waals surface area (Å²) < 4.78 is 0. The van der Waals surface area contributed by atoms with E-state index in [9.17, 15) is 4.79 Å². The quantitative estimate of drug-likeness (QED) is 0.328. The largest absolute Gasteiger partial charge is 0.357 e. The van der Waals surface area contributed by atoms with Crippen molar-refractivity contribution in [3.63, 3.8) is 0 Å². The standard InChI is InChI=1S/C21H33N5O.HI/c1-4-22-21(24-15-19(25(2)3)17-9-10-17)23-14-16-7-11-18(12-8-16)26-13-5-6-20(26)27;/h7-8,11-12,17,19H,4-6,9-10,13-15H2,1-3H3,(H2,22,23,24);1H. The molecule has 6 nitrogen and oxygen atoms in total. The Labute approximate surface area is 186 Å². The number of likely N-dealkylation sites (N-methyl/N-ethyl adjacent to an activating group) is 1. The lowest BCUT2D eigenvalue weighted by Crippen LogP contribution is -2.46. The van der Waals surface area contributed by atoms with Crippen LogP contribution < -0.4 is 15.5 Å². The van der Waals surface area contributed by atoms with Crippen LogP contribution in [-0.4, -0.2) is 56.5 Å². The summed E-state index contributed by atoms with van der Waals surface area (Å²) in [7, 11) is 4.31. The van der Waals surface area contributed by atoms with Crippen molar-refractivity contribution in [3.05, 3.63) is 29.8 Å². The molecule has 1 heterocycles. The molecule has 0 aromatic heterocycles. The van der Waals surface area contributed by atoms with E-state index in [0.29, 0.717) is 19.0 Å². The fourth-order valence-corrected chi connectivity index (χ4v) is 3.67. The highest BCUT2D eigenvalue weighted by Crippen LogP contribution is 2.34. The molecule has 2 fully saturated rings. The van der Waals surface area contributed by atoms with Crippen LogP contribution in [0.25, 0.3) is 0 Å². The van der Waals surface area contributed by atoms with Gasteiger partial charge < -0.3 is 20.4 Å². The molecular weight excluding hydrogens is 465 g/mol. The number of hydrogen-bond acceptors (Lipinski definition) is 3. The molecular formula is C21H34IN5O. The molecule has 0 bridgehead atoms. The van der Waals surface area contributed by atoms with Crippen LogP contribution in [-0.2, 0) is 11.3 Å². The van der Waals surface area contributed by atoms with Crippen molar-refractivity contribution < 1.29 is 4.79 Å². The first-order valence-corrected chi connectivity index (χ1v) is 10.2. The van der Waals surface area contributed by atoms with E-state index in [1.807, 2.05) is 17.0 Å². The number of amides is 1. The van der Waals surface area contributed by atoms with Crippen molar-refractivity contribution >= 4 is 41.5 Å². The Balaban J connectivity index is 0.00000280. The van der Waals surface area contributed by atoms with Crippen LogP contribution in [0.2, 0.25) is 0 Å². The van der Waals surface area contributed by atoms with Gasteiger partial charge in [-0.1, -0.05) is 12.1 Å². The number of nitrogens with zero attached hydrogens (tertiary/aromatic N) is 3. The van der Waals surface area contributed by atoms with Gasteiger partial charge in [0.1, 0.15) is 0 Å². The zero-order chi connectivity index (χ0) is 19.2. The van der Waals surface area contributed by atoms with Crippen molar-refractivity contribution in [3.8, 4) is 0 Å². The first-order chi connectivity index (χ1) is 13.1. The maximum absolute atomic E-state index is 11.9. The van der Waals surface area contributed by atoms with Crippen LogP contribution in [0.5, 0.6) is 0 Å². The lowest BCUT2D eigenvalue weighted by atomic mass is 10.1. The highest BCUT2D eigenvalue weighted by atomic mass is 127. The molecule has 0 radical (unpaired) electrons. The van der Waals surface area contributed by atoms with Crippen molar-refractivity contribution in [1.29, 1.82) is 0 Å². The van der Waals surface area contributed by atoms with Gasteiger partial charge in [0.25, 0.3) is 0 Å². The Morgan fingerprint density at radius 1 is 1.25 bits per heavy atom. The molecule has 1 saturated carbocycles. The molecule has 0 spiro atoms. The summed E-state index contributed by atoms with van der Waals surface area (Å²) in [4.78, 5) is 20.8. The van der Waals surface area contributed by atoms with E-state index in [0.717, 1.165) is 49.2 Å². The minimum absolute atomic E-state index is 0. The van der Waals surface area contributed by atoms with Crippen molar-refractivity contribution in [2.75, 3.05) is 38.6 Å². The van der Waals surface area contributed by atoms with E-state index in [4.69, 9.17) is 4.99 Å². The summed E-state index contributed by atoms with van der Waals surface area (Å²) in [5, 5.41) is 6.84. The second-order valence-corrected chi connectivity index (χ2v) is 7.76. The fraction of sp³-hybridized carbons (Fsp3) is 0.619. The van der Waals surface area contributed by atoms with E-state index in [2.05, 4.69) is 48.7 Å². The molecule has 1 aliphatic carbocycles. The average molecular weight is 499 g/mol. The zero-order valence-electron chi connectivity index (χ0n) is 17.3. The van der Waals surface area contributed by atoms with Gasteiger partial charge in [0, 0.05) is 37.8 Å². The third-order valence-corrected chi connectivity index (χ3v) is 5.39. The van der Waals surface area contributed by atoms with Crippen LogP contribution in [0.3, 0.4) is 0 Å². The number of nitrogens with one attached hydrogen (secondary N) is 2. The summed E-state index contributed by atoms with van der Waals surface area (Å²) in [6.07, 6.45) is 4.30. The average Bonchev–Trinajstić information content (AvgIpc) is 3.40. The van der Waals surface area contributed by atoms with Gasteiger partial charge in [-0.2, -0.15) is 0 Å². The van der Waals surface area contributed by atoms with Gasteiger partial charge in [0.15, 0.2) is 5.96 Å². The van der Waals surface area contributed by atoms with E-state index >= 15 is 0 Å². The number of halogens is 1. The number of guanidine groups is 1. The number of benzene rings is 1. The minimum atomic E-state index is 0. The van der Waals surface area contributed by atoms with Gasteiger partial charge in [0.05, 0.1) is 6.54 Å².